The second-order valence-electron chi connectivity index (χ2n) is 2.41. The van der Waals surface area contributed by atoms with E-state index in [2.05, 4.69) is 0 Å². The zero-order valence-corrected chi connectivity index (χ0v) is 7.12. The topological polar surface area (TPSA) is 62.5 Å². The van der Waals surface area contributed by atoms with Gasteiger partial charge in [-0.3, -0.25) is 4.79 Å². The second kappa shape index (κ2) is 3.31. The first-order valence-corrected chi connectivity index (χ1v) is 3.62. The zero-order chi connectivity index (χ0) is 9.30. The molecule has 1 rings (SSSR count). The molecular weight excluding hydrogens is 180 g/mol. The standard InChI is InChI=1S/C6H7BClNO3/c1-9-3-4(7(11)12)2-5(8)6(9)10/h2-3,11-12H,1H3. The first-order valence-electron chi connectivity index (χ1n) is 3.24. The maximum absolute atomic E-state index is 11.0. The highest BCUT2D eigenvalue weighted by atomic mass is 35.5. The zero-order valence-electron chi connectivity index (χ0n) is 6.36. The average Bonchev–Trinajstić information content (AvgIpc) is 1.99. The number of aromatic nitrogens is 1. The van der Waals surface area contributed by atoms with Crippen LogP contribution in [-0.4, -0.2) is 21.7 Å². The molecule has 0 aliphatic heterocycles. The van der Waals surface area contributed by atoms with Crippen molar-refractivity contribution in [2.24, 2.45) is 7.05 Å². The molecule has 0 saturated carbocycles. The van der Waals surface area contributed by atoms with E-state index < -0.39 is 7.12 Å². The third-order valence-electron chi connectivity index (χ3n) is 1.46. The molecule has 0 bridgehead atoms. The Morgan fingerprint density at radius 2 is 2.17 bits per heavy atom. The molecule has 0 spiro atoms. The number of nitrogens with zero attached hydrogens (tertiary/aromatic N) is 1. The minimum Gasteiger partial charge on any atom is -0.423 e. The highest BCUT2D eigenvalue weighted by Gasteiger charge is 2.13. The van der Waals surface area contributed by atoms with Gasteiger partial charge in [-0.25, -0.2) is 0 Å². The minimum atomic E-state index is -1.60. The van der Waals surface area contributed by atoms with Gasteiger partial charge in [0.2, 0.25) is 0 Å². The average molecular weight is 187 g/mol. The monoisotopic (exact) mass is 187 g/mol. The van der Waals surface area contributed by atoms with Gasteiger partial charge in [-0.15, -0.1) is 0 Å². The first kappa shape index (κ1) is 9.31. The molecule has 0 atom stereocenters. The van der Waals surface area contributed by atoms with Gasteiger partial charge in [-0.05, 0) is 6.07 Å². The molecule has 0 saturated heterocycles. The van der Waals surface area contributed by atoms with E-state index in [1.165, 1.54) is 23.9 Å². The lowest BCUT2D eigenvalue weighted by Gasteiger charge is -2.02. The van der Waals surface area contributed by atoms with E-state index >= 15 is 0 Å². The number of aryl methyl sites for hydroxylation is 1. The minimum absolute atomic E-state index is 0.0249. The van der Waals surface area contributed by atoms with Gasteiger partial charge in [0.05, 0.1) is 0 Å². The number of halogens is 1. The largest absolute Gasteiger partial charge is 0.489 e. The molecule has 1 aromatic rings. The van der Waals surface area contributed by atoms with Gasteiger partial charge in [-0.1, -0.05) is 11.6 Å². The Labute approximate surface area is 74.2 Å². The van der Waals surface area contributed by atoms with Gasteiger partial charge < -0.3 is 14.6 Å². The third-order valence-corrected chi connectivity index (χ3v) is 1.73. The SMILES string of the molecule is Cn1cc(B(O)O)cc(Cl)c1=O. The molecule has 4 nitrogen and oxygen atoms in total. The van der Waals surface area contributed by atoms with Crippen molar-refractivity contribution in [3.05, 3.63) is 27.6 Å². The molecule has 0 aromatic carbocycles. The number of hydrogen-bond donors (Lipinski definition) is 2. The molecule has 0 aliphatic carbocycles. The van der Waals surface area contributed by atoms with Gasteiger partial charge in [0.25, 0.3) is 5.56 Å². The summed E-state index contributed by atoms with van der Waals surface area (Å²) in [6.07, 6.45) is 1.32. The van der Waals surface area contributed by atoms with E-state index in [1.54, 1.807) is 0 Å². The predicted octanol–water partition coefficient (Wildman–Crippen LogP) is -1.28. The summed E-state index contributed by atoms with van der Waals surface area (Å²) in [6, 6.07) is 1.23. The highest BCUT2D eigenvalue weighted by Crippen LogP contribution is 1.96. The van der Waals surface area contributed by atoms with Gasteiger partial charge in [-0.2, -0.15) is 0 Å². The van der Waals surface area contributed by atoms with Crippen molar-refractivity contribution < 1.29 is 10.0 Å². The van der Waals surface area contributed by atoms with Gasteiger partial charge in [0.1, 0.15) is 5.02 Å². The van der Waals surface area contributed by atoms with E-state index in [4.69, 9.17) is 21.6 Å². The van der Waals surface area contributed by atoms with Crippen LogP contribution in [0.25, 0.3) is 0 Å². The van der Waals surface area contributed by atoms with Crippen molar-refractivity contribution in [3.63, 3.8) is 0 Å². The summed E-state index contributed by atoms with van der Waals surface area (Å²) in [5, 5.41) is 17.5. The van der Waals surface area contributed by atoms with Crippen LogP contribution in [0.2, 0.25) is 5.02 Å². The van der Waals surface area contributed by atoms with Crippen LogP contribution < -0.4 is 11.0 Å². The fraction of sp³-hybridized carbons (Fsp3) is 0.167. The molecule has 1 heterocycles. The number of pyridine rings is 1. The van der Waals surface area contributed by atoms with E-state index in [-0.39, 0.29) is 16.0 Å². The number of hydrogen-bond acceptors (Lipinski definition) is 3. The Hall–Kier alpha value is -0.775. The molecule has 12 heavy (non-hydrogen) atoms. The predicted molar refractivity (Wildman–Crippen MR) is 46.5 cm³/mol. The van der Waals surface area contributed by atoms with Crippen molar-refractivity contribution >= 4 is 24.2 Å². The summed E-state index contributed by atoms with van der Waals surface area (Å²) >= 11 is 5.51. The lowest BCUT2D eigenvalue weighted by Crippen LogP contribution is -2.34. The molecule has 0 amide bonds. The van der Waals surface area contributed by atoms with Crippen LogP contribution in [0.4, 0.5) is 0 Å². The molecule has 64 valence electrons. The maximum Gasteiger partial charge on any atom is 0.489 e. The molecule has 0 fully saturated rings. The van der Waals surface area contributed by atoms with E-state index in [9.17, 15) is 4.79 Å². The fourth-order valence-corrected chi connectivity index (χ4v) is 1.10. The lowest BCUT2D eigenvalue weighted by atomic mass is 9.82. The Morgan fingerprint density at radius 3 is 2.58 bits per heavy atom. The van der Waals surface area contributed by atoms with Crippen LogP contribution in [0.1, 0.15) is 0 Å². The van der Waals surface area contributed by atoms with E-state index in [0.717, 1.165) is 0 Å². The summed E-state index contributed by atoms with van der Waals surface area (Å²) in [5.41, 5.74) is -0.164. The Balaban J connectivity index is 3.31. The van der Waals surface area contributed by atoms with Crippen LogP contribution in [0.3, 0.4) is 0 Å². The van der Waals surface area contributed by atoms with Gasteiger partial charge in [0, 0.05) is 18.7 Å². The quantitative estimate of drug-likeness (QED) is 0.538. The fourth-order valence-electron chi connectivity index (χ4n) is 0.837. The van der Waals surface area contributed by atoms with Crippen LogP contribution in [0.15, 0.2) is 17.1 Å². The maximum atomic E-state index is 11.0. The summed E-state index contributed by atoms with van der Waals surface area (Å²) < 4.78 is 1.19. The summed E-state index contributed by atoms with van der Waals surface area (Å²) in [6.45, 7) is 0. The molecule has 0 radical (unpaired) electrons. The van der Waals surface area contributed by atoms with Crippen molar-refractivity contribution in [2.75, 3.05) is 0 Å². The number of rotatable bonds is 1. The Kier molecular flexibility index (Phi) is 2.57. The summed E-state index contributed by atoms with van der Waals surface area (Å²) in [5.74, 6) is 0. The van der Waals surface area contributed by atoms with Crippen LogP contribution in [0.5, 0.6) is 0 Å². The smallest absolute Gasteiger partial charge is 0.423 e. The summed E-state index contributed by atoms with van der Waals surface area (Å²) in [4.78, 5) is 11.0. The van der Waals surface area contributed by atoms with Crippen LogP contribution >= 0.6 is 11.6 Å². The normalized spacial score (nSPS) is 10.0. The second-order valence-corrected chi connectivity index (χ2v) is 2.82. The molecule has 1 aromatic heterocycles. The highest BCUT2D eigenvalue weighted by molar-refractivity contribution is 6.58. The van der Waals surface area contributed by atoms with Crippen LogP contribution in [-0.2, 0) is 7.05 Å². The molecule has 2 N–H and O–H groups in total. The first-order chi connectivity index (χ1) is 5.52. The Bertz CT molecular complexity index is 323. The summed E-state index contributed by atoms with van der Waals surface area (Å²) in [7, 11) is -0.116. The van der Waals surface area contributed by atoms with Crippen molar-refractivity contribution in [3.8, 4) is 0 Å². The lowest BCUT2D eigenvalue weighted by molar-refractivity contribution is 0.425. The van der Waals surface area contributed by atoms with Gasteiger partial charge in [0.15, 0.2) is 0 Å². The Morgan fingerprint density at radius 1 is 1.58 bits per heavy atom. The van der Waals surface area contributed by atoms with E-state index in [0.29, 0.717) is 0 Å². The molecule has 0 unspecified atom stereocenters. The van der Waals surface area contributed by atoms with Crippen LogP contribution in [0, 0.1) is 0 Å². The van der Waals surface area contributed by atoms with Crippen molar-refractivity contribution in [1.29, 1.82) is 0 Å². The van der Waals surface area contributed by atoms with Gasteiger partial charge >= 0.3 is 7.12 Å². The molecular formula is C6H7BClNO3. The van der Waals surface area contributed by atoms with Crippen molar-refractivity contribution in [2.45, 2.75) is 0 Å². The molecule has 0 aliphatic rings. The van der Waals surface area contributed by atoms with E-state index in [1.807, 2.05) is 0 Å². The molecule has 6 heteroatoms. The van der Waals surface area contributed by atoms with Crippen molar-refractivity contribution in [1.82, 2.24) is 4.57 Å². The third kappa shape index (κ3) is 1.69.